The van der Waals surface area contributed by atoms with E-state index < -0.39 is 21.1 Å². The molecule has 7 heteroatoms. The third-order valence-corrected chi connectivity index (χ3v) is 7.77. The number of carbonyl (C=O) groups is 1. The molecule has 1 heterocycles. The molecular formula is C25H29NO5S. The summed E-state index contributed by atoms with van der Waals surface area (Å²) in [5, 5.41) is -0.651. The fourth-order valence-corrected chi connectivity index (χ4v) is 5.62. The molecule has 1 aliphatic heterocycles. The number of ether oxygens (including phenoxy) is 2. The van der Waals surface area contributed by atoms with Gasteiger partial charge in [0.2, 0.25) is 0 Å². The molecule has 1 fully saturated rings. The summed E-state index contributed by atoms with van der Waals surface area (Å²) in [4.78, 5) is 14.9. The Bertz CT molecular complexity index is 1060. The topological polar surface area (TPSA) is 72.9 Å². The SMILES string of the molecule is CC#CCOc1ccc(S(=O)(=O)C2CCN(Cc3ccccc3)C(C(=O)OCC)C2)cc1. The van der Waals surface area contributed by atoms with Gasteiger partial charge in [0, 0.05) is 13.1 Å². The van der Waals surface area contributed by atoms with Gasteiger partial charge in [-0.2, -0.15) is 0 Å². The number of sulfone groups is 1. The van der Waals surface area contributed by atoms with Crippen molar-refractivity contribution in [3.8, 4) is 17.6 Å². The first-order valence-corrected chi connectivity index (χ1v) is 12.3. The molecule has 2 aromatic carbocycles. The van der Waals surface area contributed by atoms with Gasteiger partial charge in [-0.25, -0.2) is 8.42 Å². The van der Waals surface area contributed by atoms with Crippen LogP contribution in [0.25, 0.3) is 0 Å². The van der Waals surface area contributed by atoms with Gasteiger partial charge >= 0.3 is 5.97 Å². The minimum atomic E-state index is -3.60. The van der Waals surface area contributed by atoms with E-state index in [0.29, 0.717) is 25.3 Å². The lowest BCUT2D eigenvalue weighted by Gasteiger charge is -2.37. The second kappa shape index (κ2) is 11.2. The lowest BCUT2D eigenvalue weighted by molar-refractivity contribution is -0.151. The number of hydrogen-bond acceptors (Lipinski definition) is 6. The number of benzene rings is 2. The fourth-order valence-electron chi connectivity index (χ4n) is 3.86. The molecule has 0 aromatic heterocycles. The van der Waals surface area contributed by atoms with Gasteiger partial charge in [0.1, 0.15) is 18.4 Å². The van der Waals surface area contributed by atoms with Gasteiger partial charge in [-0.05, 0) is 56.5 Å². The number of esters is 1. The maximum Gasteiger partial charge on any atom is 0.323 e. The van der Waals surface area contributed by atoms with Gasteiger partial charge in [-0.1, -0.05) is 36.3 Å². The van der Waals surface area contributed by atoms with E-state index in [1.807, 2.05) is 35.2 Å². The Morgan fingerprint density at radius 1 is 1.12 bits per heavy atom. The Hall–Kier alpha value is -2.82. The van der Waals surface area contributed by atoms with Crippen molar-refractivity contribution >= 4 is 15.8 Å². The van der Waals surface area contributed by atoms with Crippen molar-refractivity contribution in [2.45, 2.75) is 49.4 Å². The molecular weight excluding hydrogens is 426 g/mol. The second-order valence-electron chi connectivity index (χ2n) is 7.60. The number of piperidine rings is 1. The van der Waals surface area contributed by atoms with Gasteiger partial charge in [-0.3, -0.25) is 9.69 Å². The summed E-state index contributed by atoms with van der Waals surface area (Å²) < 4.78 is 37.4. The van der Waals surface area contributed by atoms with Crippen molar-refractivity contribution in [2.24, 2.45) is 0 Å². The van der Waals surface area contributed by atoms with Crippen LogP contribution in [0.3, 0.4) is 0 Å². The first-order valence-electron chi connectivity index (χ1n) is 10.8. The molecule has 0 saturated carbocycles. The van der Waals surface area contributed by atoms with Crippen LogP contribution in [0, 0.1) is 11.8 Å². The molecule has 0 radical (unpaired) electrons. The van der Waals surface area contributed by atoms with Crippen LogP contribution in [0.4, 0.5) is 0 Å². The molecule has 32 heavy (non-hydrogen) atoms. The van der Waals surface area contributed by atoms with Crippen molar-refractivity contribution < 1.29 is 22.7 Å². The fraction of sp³-hybridized carbons (Fsp3) is 0.400. The van der Waals surface area contributed by atoms with Crippen LogP contribution in [-0.4, -0.2) is 50.3 Å². The van der Waals surface area contributed by atoms with Crippen LogP contribution in [0.2, 0.25) is 0 Å². The van der Waals surface area contributed by atoms with Gasteiger partial charge in [0.25, 0.3) is 0 Å². The molecule has 1 saturated heterocycles. The van der Waals surface area contributed by atoms with Crippen molar-refractivity contribution in [1.82, 2.24) is 4.90 Å². The number of likely N-dealkylation sites (tertiary alicyclic amines) is 1. The van der Waals surface area contributed by atoms with Gasteiger partial charge < -0.3 is 9.47 Å². The normalized spacial score (nSPS) is 18.9. The molecule has 0 bridgehead atoms. The summed E-state index contributed by atoms with van der Waals surface area (Å²) in [5.74, 6) is 5.74. The summed E-state index contributed by atoms with van der Waals surface area (Å²) in [6.45, 7) is 5.07. The van der Waals surface area contributed by atoms with E-state index in [1.165, 1.54) is 0 Å². The third kappa shape index (κ3) is 5.90. The van der Waals surface area contributed by atoms with E-state index in [2.05, 4.69) is 11.8 Å². The van der Waals surface area contributed by atoms with Crippen LogP contribution in [0.1, 0.15) is 32.3 Å². The molecule has 1 aliphatic rings. The quantitative estimate of drug-likeness (QED) is 0.448. The Morgan fingerprint density at radius 2 is 1.84 bits per heavy atom. The molecule has 0 spiro atoms. The Morgan fingerprint density at radius 3 is 2.50 bits per heavy atom. The lowest BCUT2D eigenvalue weighted by Crippen LogP contribution is -2.50. The molecule has 0 amide bonds. The highest BCUT2D eigenvalue weighted by molar-refractivity contribution is 7.92. The minimum absolute atomic E-state index is 0.207. The molecule has 2 aromatic rings. The summed E-state index contributed by atoms with van der Waals surface area (Å²) >= 11 is 0. The number of rotatable bonds is 8. The molecule has 170 valence electrons. The monoisotopic (exact) mass is 455 g/mol. The third-order valence-electron chi connectivity index (χ3n) is 5.53. The van der Waals surface area contributed by atoms with Crippen LogP contribution in [0.5, 0.6) is 5.75 Å². The first-order chi connectivity index (χ1) is 15.5. The largest absolute Gasteiger partial charge is 0.481 e. The van der Waals surface area contributed by atoms with E-state index >= 15 is 0 Å². The zero-order valence-corrected chi connectivity index (χ0v) is 19.3. The predicted octanol–water partition coefficient (Wildman–Crippen LogP) is 3.46. The predicted molar refractivity (Wildman–Crippen MR) is 123 cm³/mol. The zero-order valence-electron chi connectivity index (χ0n) is 18.5. The minimum Gasteiger partial charge on any atom is -0.481 e. The van der Waals surface area contributed by atoms with Crippen LogP contribution in [0.15, 0.2) is 59.5 Å². The van der Waals surface area contributed by atoms with Crippen LogP contribution in [-0.2, 0) is 25.9 Å². The highest BCUT2D eigenvalue weighted by atomic mass is 32.2. The molecule has 2 unspecified atom stereocenters. The first kappa shape index (κ1) is 23.8. The smallest absolute Gasteiger partial charge is 0.323 e. The zero-order chi connectivity index (χ0) is 23.0. The molecule has 3 rings (SSSR count). The molecule has 6 nitrogen and oxygen atoms in total. The van der Waals surface area contributed by atoms with E-state index in [4.69, 9.17) is 9.47 Å². The van der Waals surface area contributed by atoms with E-state index in [-0.39, 0.29) is 30.5 Å². The maximum absolute atomic E-state index is 13.3. The van der Waals surface area contributed by atoms with E-state index in [1.54, 1.807) is 38.1 Å². The summed E-state index contributed by atoms with van der Waals surface area (Å²) in [7, 11) is -3.60. The summed E-state index contributed by atoms with van der Waals surface area (Å²) in [6.07, 6.45) is 0.660. The van der Waals surface area contributed by atoms with Gasteiger partial charge in [-0.15, -0.1) is 5.92 Å². The summed E-state index contributed by atoms with van der Waals surface area (Å²) in [5.41, 5.74) is 1.08. The maximum atomic E-state index is 13.3. The Labute approximate surface area is 190 Å². The number of nitrogens with zero attached hydrogens (tertiary/aromatic N) is 1. The average Bonchev–Trinajstić information content (AvgIpc) is 2.80. The lowest BCUT2D eigenvalue weighted by atomic mass is 10.0. The number of carbonyl (C=O) groups excluding carboxylic acids is 1. The van der Waals surface area contributed by atoms with Gasteiger partial charge in [0.15, 0.2) is 9.84 Å². The van der Waals surface area contributed by atoms with Gasteiger partial charge in [0.05, 0.1) is 16.8 Å². The van der Waals surface area contributed by atoms with Crippen molar-refractivity contribution in [3.63, 3.8) is 0 Å². The second-order valence-corrected chi connectivity index (χ2v) is 9.83. The van der Waals surface area contributed by atoms with Crippen molar-refractivity contribution in [2.75, 3.05) is 19.8 Å². The molecule has 2 atom stereocenters. The highest BCUT2D eigenvalue weighted by Crippen LogP contribution is 2.30. The standard InChI is InChI=1S/C25H29NO5S/c1-3-5-17-31-21-11-13-22(14-12-21)32(28,29)23-15-16-26(19-20-9-7-6-8-10-20)24(18-23)25(27)30-4-2/h6-14,23-24H,4,15-19H2,1-2H3. The number of hydrogen-bond donors (Lipinski definition) is 0. The summed E-state index contributed by atoms with van der Waals surface area (Å²) in [6, 6.07) is 15.6. The van der Waals surface area contributed by atoms with Crippen LogP contribution < -0.4 is 4.74 Å². The Kier molecular flexibility index (Phi) is 8.32. The van der Waals surface area contributed by atoms with Crippen molar-refractivity contribution in [1.29, 1.82) is 0 Å². The van der Waals surface area contributed by atoms with Crippen molar-refractivity contribution in [3.05, 3.63) is 60.2 Å². The van der Waals surface area contributed by atoms with Crippen LogP contribution >= 0.6 is 0 Å². The Balaban J connectivity index is 1.76. The molecule has 0 aliphatic carbocycles. The van der Waals surface area contributed by atoms with E-state index in [0.717, 1.165) is 5.56 Å². The molecule has 0 N–H and O–H groups in total. The average molecular weight is 456 g/mol. The van der Waals surface area contributed by atoms with E-state index in [9.17, 15) is 13.2 Å². The highest BCUT2D eigenvalue weighted by Gasteiger charge is 2.40.